The van der Waals surface area contributed by atoms with Crippen molar-refractivity contribution in [3.63, 3.8) is 0 Å². The summed E-state index contributed by atoms with van der Waals surface area (Å²) in [7, 11) is -2.19. The van der Waals surface area contributed by atoms with Gasteiger partial charge in [-0.1, -0.05) is 24.6 Å². The first-order valence-electron chi connectivity index (χ1n) is 10.5. The lowest BCUT2D eigenvalue weighted by atomic mass is 9.99. The molecule has 7 nitrogen and oxygen atoms in total. The van der Waals surface area contributed by atoms with E-state index in [1.54, 1.807) is 53.1 Å². The van der Waals surface area contributed by atoms with Crippen LogP contribution in [0.4, 0.5) is 5.69 Å². The highest BCUT2D eigenvalue weighted by Crippen LogP contribution is 2.35. The lowest BCUT2D eigenvalue weighted by Gasteiger charge is -2.34. The highest BCUT2D eigenvalue weighted by Gasteiger charge is 2.34. The summed E-state index contributed by atoms with van der Waals surface area (Å²) in [5, 5.41) is 2.79. The Balaban J connectivity index is 1.54. The fraction of sp³-hybridized carbons (Fsp3) is 0.250. The van der Waals surface area contributed by atoms with Gasteiger partial charge in [0.25, 0.3) is 5.91 Å². The number of sulfonamides is 1. The number of benzene rings is 2. The average Bonchev–Trinajstić information content (AvgIpc) is 2.85. The largest absolute Gasteiger partial charge is 0.496 e. The van der Waals surface area contributed by atoms with Crippen LogP contribution in [0.1, 0.15) is 41.2 Å². The molecule has 1 aromatic heterocycles. The highest BCUT2D eigenvalue weighted by atomic mass is 32.2. The number of methoxy groups -OCH3 is 1. The summed E-state index contributed by atoms with van der Waals surface area (Å²) in [6.07, 6.45) is 5.97. The molecule has 1 fully saturated rings. The molecule has 1 aliphatic heterocycles. The molecule has 1 N–H and O–H groups in total. The van der Waals surface area contributed by atoms with Crippen LogP contribution in [0.15, 0.2) is 78.0 Å². The van der Waals surface area contributed by atoms with Crippen LogP contribution in [0.5, 0.6) is 5.75 Å². The zero-order valence-corrected chi connectivity index (χ0v) is 18.6. The maximum absolute atomic E-state index is 13.4. The van der Waals surface area contributed by atoms with Crippen LogP contribution in [-0.2, 0) is 10.0 Å². The topological polar surface area (TPSA) is 88.6 Å². The molecule has 0 saturated carbocycles. The van der Waals surface area contributed by atoms with Crippen molar-refractivity contribution >= 4 is 21.6 Å². The number of piperidine rings is 1. The number of nitrogens with zero attached hydrogens (tertiary/aromatic N) is 2. The Labute approximate surface area is 188 Å². The predicted molar refractivity (Wildman–Crippen MR) is 122 cm³/mol. The van der Waals surface area contributed by atoms with Gasteiger partial charge in [-0.15, -0.1) is 0 Å². The summed E-state index contributed by atoms with van der Waals surface area (Å²) in [4.78, 5) is 17.0. The molecule has 2 heterocycles. The van der Waals surface area contributed by atoms with E-state index in [0.29, 0.717) is 23.5 Å². The number of amides is 1. The van der Waals surface area contributed by atoms with Crippen LogP contribution >= 0.6 is 0 Å². The molecule has 166 valence electrons. The van der Waals surface area contributed by atoms with Crippen molar-refractivity contribution in [2.45, 2.75) is 30.2 Å². The van der Waals surface area contributed by atoms with Crippen LogP contribution in [-0.4, -0.2) is 37.3 Å². The van der Waals surface area contributed by atoms with E-state index in [4.69, 9.17) is 4.74 Å². The van der Waals surface area contributed by atoms with Crippen LogP contribution in [0.25, 0.3) is 0 Å². The highest BCUT2D eigenvalue weighted by molar-refractivity contribution is 7.89. The quantitative estimate of drug-likeness (QED) is 0.605. The monoisotopic (exact) mass is 451 g/mol. The van der Waals surface area contributed by atoms with E-state index in [2.05, 4.69) is 10.3 Å². The molecule has 0 unspecified atom stereocenters. The number of rotatable bonds is 6. The lowest BCUT2D eigenvalue weighted by molar-refractivity contribution is 0.102. The predicted octanol–water partition coefficient (Wildman–Crippen LogP) is 4.26. The van der Waals surface area contributed by atoms with Gasteiger partial charge in [0.05, 0.1) is 23.6 Å². The van der Waals surface area contributed by atoms with E-state index in [1.165, 1.54) is 19.2 Å². The zero-order chi connectivity index (χ0) is 22.6. The Morgan fingerprint density at radius 1 is 1.06 bits per heavy atom. The van der Waals surface area contributed by atoms with Crippen LogP contribution in [0, 0.1) is 0 Å². The number of aromatic nitrogens is 1. The van der Waals surface area contributed by atoms with Gasteiger partial charge in [-0.3, -0.25) is 9.78 Å². The number of nitrogens with one attached hydrogen (secondary N) is 1. The van der Waals surface area contributed by atoms with Crippen LogP contribution in [0.2, 0.25) is 0 Å². The molecule has 0 spiro atoms. The first-order chi connectivity index (χ1) is 15.5. The molecule has 0 bridgehead atoms. The van der Waals surface area contributed by atoms with Crippen molar-refractivity contribution in [1.82, 2.24) is 9.29 Å². The second-order valence-electron chi connectivity index (χ2n) is 7.59. The Bertz CT molecular complexity index is 1180. The summed E-state index contributed by atoms with van der Waals surface area (Å²) in [5.41, 5.74) is 1.80. The molecular weight excluding hydrogens is 426 g/mol. The third-order valence-electron chi connectivity index (χ3n) is 5.59. The number of ether oxygens (including phenoxy) is 1. The van der Waals surface area contributed by atoms with Crippen molar-refractivity contribution in [3.05, 3.63) is 84.2 Å². The van der Waals surface area contributed by atoms with Gasteiger partial charge in [-0.25, -0.2) is 8.42 Å². The Morgan fingerprint density at radius 2 is 1.84 bits per heavy atom. The fourth-order valence-electron chi connectivity index (χ4n) is 3.98. The smallest absolute Gasteiger partial charge is 0.259 e. The van der Waals surface area contributed by atoms with Crippen molar-refractivity contribution in [3.8, 4) is 5.75 Å². The van der Waals surface area contributed by atoms with Gasteiger partial charge in [0.2, 0.25) is 10.0 Å². The Morgan fingerprint density at radius 3 is 2.56 bits per heavy atom. The molecule has 32 heavy (non-hydrogen) atoms. The second kappa shape index (κ2) is 9.50. The summed E-state index contributed by atoms with van der Waals surface area (Å²) in [6, 6.07) is 16.7. The van der Waals surface area contributed by atoms with Gasteiger partial charge in [-0.2, -0.15) is 4.31 Å². The van der Waals surface area contributed by atoms with E-state index in [-0.39, 0.29) is 16.8 Å². The molecule has 2 aromatic carbocycles. The van der Waals surface area contributed by atoms with E-state index in [0.717, 1.165) is 24.8 Å². The number of carbonyl (C=O) groups is 1. The van der Waals surface area contributed by atoms with Crippen molar-refractivity contribution in [2.75, 3.05) is 19.0 Å². The average molecular weight is 452 g/mol. The van der Waals surface area contributed by atoms with Crippen molar-refractivity contribution in [1.29, 1.82) is 0 Å². The third-order valence-corrected chi connectivity index (χ3v) is 7.52. The number of anilines is 1. The van der Waals surface area contributed by atoms with Crippen LogP contribution < -0.4 is 10.1 Å². The van der Waals surface area contributed by atoms with Gasteiger partial charge < -0.3 is 10.1 Å². The number of hydrogen-bond donors (Lipinski definition) is 1. The first-order valence-corrected chi connectivity index (χ1v) is 11.9. The van der Waals surface area contributed by atoms with Gasteiger partial charge in [-0.05, 0) is 60.9 Å². The number of pyridine rings is 1. The van der Waals surface area contributed by atoms with Gasteiger partial charge in [0.1, 0.15) is 5.75 Å². The Kier molecular flexibility index (Phi) is 6.53. The normalized spacial score (nSPS) is 17.0. The Hall–Kier alpha value is -3.23. The summed E-state index contributed by atoms with van der Waals surface area (Å²) in [5.74, 6) is 0.140. The van der Waals surface area contributed by atoms with Crippen LogP contribution in [0.3, 0.4) is 0 Å². The molecular formula is C24H25N3O4S. The molecule has 1 atom stereocenters. The van der Waals surface area contributed by atoms with E-state index in [1.807, 2.05) is 12.1 Å². The number of carbonyl (C=O) groups excluding carboxylic acids is 1. The van der Waals surface area contributed by atoms with Gasteiger partial charge >= 0.3 is 0 Å². The molecule has 1 saturated heterocycles. The van der Waals surface area contributed by atoms with Crippen molar-refractivity contribution < 1.29 is 17.9 Å². The van der Waals surface area contributed by atoms with Crippen molar-refractivity contribution in [2.24, 2.45) is 0 Å². The van der Waals surface area contributed by atoms with Gasteiger partial charge in [0, 0.05) is 24.6 Å². The zero-order valence-electron chi connectivity index (χ0n) is 17.8. The maximum atomic E-state index is 13.4. The SMILES string of the molecule is COc1ccccc1C(=O)Nc1ccc(S(=O)(=O)N2CCCC[C@H]2c2cccnc2)cc1. The minimum absolute atomic E-state index is 0.198. The van der Waals surface area contributed by atoms with E-state index < -0.39 is 10.0 Å². The molecule has 8 heteroatoms. The number of para-hydroxylation sites is 1. The maximum Gasteiger partial charge on any atom is 0.259 e. The lowest BCUT2D eigenvalue weighted by Crippen LogP contribution is -2.38. The summed E-state index contributed by atoms with van der Waals surface area (Å²) < 4.78 is 33.6. The molecule has 1 aliphatic rings. The first kappa shape index (κ1) is 22.0. The minimum atomic E-state index is -3.69. The molecule has 1 amide bonds. The third kappa shape index (κ3) is 4.51. The number of hydrogen-bond acceptors (Lipinski definition) is 5. The summed E-state index contributed by atoms with van der Waals surface area (Å²) >= 11 is 0. The van der Waals surface area contributed by atoms with Gasteiger partial charge in [0.15, 0.2) is 0 Å². The van der Waals surface area contributed by atoms with E-state index >= 15 is 0 Å². The van der Waals surface area contributed by atoms with E-state index in [9.17, 15) is 13.2 Å². The molecule has 0 radical (unpaired) electrons. The molecule has 3 aromatic rings. The fourth-order valence-corrected chi connectivity index (χ4v) is 5.66. The molecule has 0 aliphatic carbocycles. The summed E-state index contributed by atoms with van der Waals surface area (Å²) in [6.45, 7) is 0.466. The minimum Gasteiger partial charge on any atom is -0.496 e. The second-order valence-corrected chi connectivity index (χ2v) is 9.48. The molecule has 4 rings (SSSR count). The standard InChI is InChI=1S/C24H25N3O4S/c1-31-23-10-3-2-8-21(23)24(28)26-19-11-13-20(14-12-19)32(29,30)27-16-5-4-9-22(27)18-7-6-15-25-17-18/h2-3,6-8,10-15,17,22H,4-5,9,16H2,1H3,(H,26,28)/t22-/m0/s1.